The minimum absolute atomic E-state index is 0.0538. The first-order valence-corrected chi connectivity index (χ1v) is 9.82. The van der Waals surface area contributed by atoms with Gasteiger partial charge < -0.3 is 15.2 Å². The number of aromatic amines is 1. The van der Waals surface area contributed by atoms with Crippen molar-refractivity contribution in [3.05, 3.63) is 54.0 Å². The highest BCUT2D eigenvalue weighted by molar-refractivity contribution is 7.90. The highest BCUT2D eigenvalue weighted by Gasteiger charge is 2.24. The number of amidine groups is 1. The van der Waals surface area contributed by atoms with E-state index in [9.17, 15) is 13.2 Å². The Balaban J connectivity index is 1.37. The SMILES string of the molecule is O=C(NCCc1nc2ccccc2[nH]1)C1=CN2CCS(=O)(=O)N=C2C=C1. The number of aromatic nitrogens is 2. The number of rotatable bonds is 4. The second kappa shape index (κ2) is 6.41. The molecule has 134 valence electrons. The molecule has 0 saturated heterocycles. The number of para-hydroxylation sites is 2. The van der Waals surface area contributed by atoms with Crippen molar-refractivity contribution in [2.75, 3.05) is 18.8 Å². The molecule has 0 fully saturated rings. The number of carbonyl (C=O) groups is 1. The molecular weight excluding hydrogens is 354 g/mol. The lowest BCUT2D eigenvalue weighted by Crippen LogP contribution is -2.38. The van der Waals surface area contributed by atoms with Crippen LogP contribution in [0, 0.1) is 0 Å². The van der Waals surface area contributed by atoms with E-state index in [2.05, 4.69) is 19.7 Å². The summed E-state index contributed by atoms with van der Waals surface area (Å²) >= 11 is 0. The van der Waals surface area contributed by atoms with Gasteiger partial charge in [0.15, 0.2) is 0 Å². The number of nitrogens with zero attached hydrogens (tertiary/aromatic N) is 3. The summed E-state index contributed by atoms with van der Waals surface area (Å²) in [7, 11) is -3.39. The zero-order chi connectivity index (χ0) is 18.1. The molecule has 2 aliphatic heterocycles. The van der Waals surface area contributed by atoms with Gasteiger partial charge in [-0.2, -0.15) is 0 Å². The van der Waals surface area contributed by atoms with Crippen molar-refractivity contribution in [2.45, 2.75) is 6.42 Å². The van der Waals surface area contributed by atoms with Gasteiger partial charge in [0.2, 0.25) is 0 Å². The summed E-state index contributed by atoms with van der Waals surface area (Å²) in [6.07, 6.45) is 5.34. The van der Waals surface area contributed by atoms with E-state index in [4.69, 9.17) is 0 Å². The van der Waals surface area contributed by atoms with E-state index in [-0.39, 0.29) is 11.7 Å². The van der Waals surface area contributed by atoms with Crippen LogP contribution in [0.2, 0.25) is 0 Å². The third-order valence-corrected chi connectivity index (χ3v) is 5.34. The third-order valence-electron chi connectivity index (χ3n) is 4.17. The van der Waals surface area contributed by atoms with E-state index >= 15 is 0 Å². The van der Waals surface area contributed by atoms with Crippen LogP contribution in [0.5, 0.6) is 0 Å². The average molecular weight is 371 g/mol. The molecule has 2 N–H and O–H groups in total. The molecule has 2 aliphatic rings. The maximum Gasteiger partial charge on any atom is 0.256 e. The van der Waals surface area contributed by atoms with Crippen LogP contribution in [0.3, 0.4) is 0 Å². The number of H-pyrrole nitrogens is 1. The molecular formula is C17H17N5O3S. The Hall–Kier alpha value is -2.94. The number of hydrogen-bond acceptors (Lipinski definition) is 5. The minimum Gasteiger partial charge on any atom is -0.352 e. The molecule has 0 bridgehead atoms. The van der Waals surface area contributed by atoms with Crippen LogP contribution in [0.1, 0.15) is 5.82 Å². The van der Waals surface area contributed by atoms with Gasteiger partial charge in [0.25, 0.3) is 15.9 Å². The molecule has 0 unspecified atom stereocenters. The summed E-state index contributed by atoms with van der Waals surface area (Å²) in [5.74, 6) is 0.886. The van der Waals surface area contributed by atoms with Crippen molar-refractivity contribution < 1.29 is 13.2 Å². The van der Waals surface area contributed by atoms with Crippen molar-refractivity contribution in [2.24, 2.45) is 4.40 Å². The molecule has 8 nitrogen and oxygen atoms in total. The molecule has 4 rings (SSSR count). The van der Waals surface area contributed by atoms with Crippen molar-refractivity contribution in [1.29, 1.82) is 0 Å². The average Bonchev–Trinajstić information content (AvgIpc) is 3.03. The summed E-state index contributed by atoms with van der Waals surface area (Å²) in [6, 6.07) is 7.76. The van der Waals surface area contributed by atoms with E-state index in [1.54, 1.807) is 23.3 Å². The van der Waals surface area contributed by atoms with E-state index in [0.717, 1.165) is 16.9 Å². The molecule has 0 aliphatic carbocycles. The topological polar surface area (TPSA) is 108 Å². The van der Waals surface area contributed by atoms with Crippen molar-refractivity contribution in [3.8, 4) is 0 Å². The lowest BCUT2D eigenvalue weighted by molar-refractivity contribution is -0.117. The zero-order valence-electron chi connectivity index (χ0n) is 13.8. The van der Waals surface area contributed by atoms with Gasteiger partial charge in [-0.1, -0.05) is 12.1 Å². The van der Waals surface area contributed by atoms with E-state index in [1.807, 2.05) is 24.3 Å². The molecule has 0 atom stereocenters. The van der Waals surface area contributed by atoms with Crippen molar-refractivity contribution in [3.63, 3.8) is 0 Å². The third kappa shape index (κ3) is 3.38. The molecule has 1 aromatic heterocycles. The number of carbonyl (C=O) groups excluding carboxylic acids is 1. The fraction of sp³-hybridized carbons (Fsp3) is 0.235. The molecule has 1 aromatic carbocycles. The Morgan fingerprint density at radius 3 is 2.96 bits per heavy atom. The lowest BCUT2D eigenvalue weighted by atomic mass is 10.1. The Kier molecular flexibility index (Phi) is 4.08. The first-order valence-electron chi connectivity index (χ1n) is 8.21. The summed E-state index contributed by atoms with van der Waals surface area (Å²) in [4.78, 5) is 21.7. The molecule has 1 amide bonds. The Bertz CT molecular complexity index is 1030. The maximum absolute atomic E-state index is 12.3. The van der Waals surface area contributed by atoms with Gasteiger partial charge >= 0.3 is 0 Å². The van der Waals surface area contributed by atoms with Gasteiger partial charge in [0, 0.05) is 25.7 Å². The van der Waals surface area contributed by atoms with Crippen LogP contribution in [0.15, 0.2) is 52.6 Å². The van der Waals surface area contributed by atoms with Gasteiger partial charge in [-0.3, -0.25) is 4.79 Å². The van der Waals surface area contributed by atoms with Crippen LogP contribution >= 0.6 is 0 Å². The first-order chi connectivity index (χ1) is 12.5. The smallest absolute Gasteiger partial charge is 0.256 e. The molecule has 3 heterocycles. The molecule has 0 radical (unpaired) electrons. The van der Waals surface area contributed by atoms with Crippen LogP contribution in [0.4, 0.5) is 0 Å². The van der Waals surface area contributed by atoms with E-state index in [0.29, 0.717) is 30.9 Å². The number of amides is 1. The van der Waals surface area contributed by atoms with Crippen LogP contribution in [-0.2, 0) is 21.2 Å². The molecule has 0 saturated carbocycles. The quantitative estimate of drug-likeness (QED) is 0.823. The predicted octanol–water partition coefficient (Wildman–Crippen LogP) is 0.719. The van der Waals surface area contributed by atoms with Gasteiger partial charge in [-0.25, -0.2) is 13.4 Å². The van der Waals surface area contributed by atoms with Crippen LogP contribution in [-0.4, -0.2) is 53.9 Å². The first kappa shape index (κ1) is 16.5. The number of sulfonamides is 1. The normalized spacial score (nSPS) is 18.2. The zero-order valence-corrected chi connectivity index (χ0v) is 14.7. The van der Waals surface area contributed by atoms with Crippen molar-refractivity contribution in [1.82, 2.24) is 20.2 Å². The van der Waals surface area contributed by atoms with Crippen LogP contribution in [0.25, 0.3) is 11.0 Å². The highest BCUT2D eigenvalue weighted by atomic mass is 32.2. The number of hydrogen-bond donors (Lipinski definition) is 2. The second-order valence-electron chi connectivity index (χ2n) is 6.05. The van der Waals surface area contributed by atoms with Crippen LogP contribution < -0.4 is 5.32 Å². The maximum atomic E-state index is 12.3. The second-order valence-corrected chi connectivity index (χ2v) is 7.81. The predicted molar refractivity (Wildman–Crippen MR) is 98.0 cm³/mol. The van der Waals surface area contributed by atoms with Crippen molar-refractivity contribution >= 4 is 32.8 Å². The number of nitrogens with one attached hydrogen (secondary N) is 2. The Morgan fingerprint density at radius 1 is 1.27 bits per heavy atom. The monoisotopic (exact) mass is 371 g/mol. The highest BCUT2D eigenvalue weighted by Crippen LogP contribution is 2.16. The Morgan fingerprint density at radius 2 is 2.12 bits per heavy atom. The summed E-state index contributed by atoms with van der Waals surface area (Å²) in [5, 5.41) is 2.85. The molecule has 2 aromatic rings. The summed E-state index contributed by atoms with van der Waals surface area (Å²) < 4.78 is 26.7. The molecule has 0 spiro atoms. The fourth-order valence-electron chi connectivity index (χ4n) is 2.86. The van der Waals surface area contributed by atoms with Gasteiger partial charge in [0.05, 0.1) is 22.4 Å². The number of fused-ring (bicyclic) bond motifs is 2. The standard InChI is InChI=1S/C17H17N5O3S/c23-17(12-5-6-16-21-26(24,25)10-9-22(16)11-12)18-8-7-15-19-13-3-1-2-4-14(13)20-15/h1-6,11H,7-10H2,(H,18,23)(H,19,20). The number of benzene rings is 1. The van der Waals surface area contributed by atoms with E-state index < -0.39 is 10.0 Å². The minimum atomic E-state index is -3.39. The van der Waals surface area contributed by atoms with Gasteiger partial charge in [0.1, 0.15) is 11.7 Å². The Labute approximate surface area is 150 Å². The molecule has 26 heavy (non-hydrogen) atoms. The summed E-state index contributed by atoms with van der Waals surface area (Å²) in [5.41, 5.74) is 2.34. The molecule has 9 heteroatoms. The summed E-state index contributed by atoms with van der Waals surface area (Å²) in [6.45, 7) is 0.737. The largest absolute Gasteiger partial charge is 0.352 e. The van der Waals surface area contributed by atoms with Gasteiger partial charge in [-0.05, 0) is 24.3 Å². The van der Waals surface area contributed by atoms with Gasteiger partial charge in [-0.15, -0.1) is 4.40 Å². The number of imidazole rings is 1. The van der Waals surface area contributed by atoms with E-state index in [1.165, 1.54) is 0 Å². The lowest BCUT2D eigenvalue weighted by Gasteiger charge is -2.26. The fourth-order valence-corrected chi connectivity index (χ4v) is 3.83.